The predicted octanol–water partition coefficient (Wildman–Crippen LogP) is 4.87. The van der Waals surface area contributed by atoms with Gasteiger partial charge in [-0.1, -0.05) is 35.3 Å². The number of carboxylic acids is 1. The van der Waals surface area contributed by atoms with Crippen LogP contribution < -0.4 is 0 Å². The number of pyridine rings is 3. The molecule has 3 rings (SSSR count). The molecule has 0 amide bonds. The summed E-state index contributed by atoms with van der Waals surface area (Å²) in [4.78, 5) is 24.2. The Morgan fingerprint density at radius 1 is 0.923 bits per heavy atom. The van der Waals surface area contributed by atoms with E-state index in [9.17, 15) is 9.90 Å². The Balaban J connectivity index is 2.06. The second-order valence-corrected chi connectivity index (χ2v) is 6.96. The zero-order valence-corrected chi connectivity index (χ0v) is 15.6. The maximum absolute atomic E-state index is 11.2. The van der Waals surface area contributed by atoms with Crippen molar-refractivity contribution >= 4 is 29.2 Å². The Labute approximate surface area is 160 Å². The SMILES string of the molecule is CC(C)(c1cccc(C(=O)O)n1)c1cccc(-c2ccc(Cl)nc2Cl)n1. The summed E-state index contributed by atoms with van der Waals surface area (Å²) in [7, 11) is 0. The highest BCUT2D eigenvalue weighted by molar-refractivity contribution is 6.34. The van der Waals surface area contributed by atoms with Crippen LogP contribution in [-0.2, 0) is 5.41 Å². The number of carbonyl (C=O) groups is 1. The second kappa shape index (κ2) is 7.02. The molecule has 7 heteroatoms. The molecule has 3 heterocycles. The summed E-state index contributed by atoms with van der Waals surface area (Å²) in [5.41, 5.74) is 2.06. The molecule has 0 bridgehead atoms. The number of hydrogen-bond donors (Lipinski definition) is 1. The number of nitrogens with zero attached hydrogens (tertiary/aromatic N) is 3. The van der Waals surface area contributed by atoms with Gasteiger partial charge in [-0.3, -0.25) is 4.98 Å². The number of rotatable bonds is 4. The number of halogens is 2. The molecular formula is C19H15Cl2N3O2. The fraction of sp³-hybridized carbons (Fsp3) is 0.158. The highest BCUT2D eigenvalue weighted by atomic mass is 35.5. The van der Waals surface area contributed by atoms with Gasteiger partial charge in [-0.15, -0.1) is 0 Å². The zero-order chi connectivity index (χ0) is 18.9. The maximum Gasteiger partial charge on any atom is 0.354 e. The Hall–Kier alpha value is -2.50. The Kier molecular flexibility index (Phi) is 4.94. The average Bonchev–Trinajstić information content (AvgIpc) is 2.62. The van der Waals surface area contributed by atoms with Crippen molar-refractivity contribution in [1.29, 1.82) is 0 Å². The van der Waals surface area contributed by atoms with Gasteiger partial charge in [0, 0.05) is 11.0 Å². The number of aromatic nitrogens is 3. The molecule has 0 aliphatic heterocycles. The molecule has 0 radical (unpaired) electrons. The van der Waals surface area contributed by atoms with Gasteiger partial charge in [0.1, 0.15) is 16.0 Å². The molecule has 26 heavy (non-hydrogen) atoms. The highest BCUT2D eigenvalue weighted by Gasteiger charge is 2.27. The summed E-state index contributed by atoms with van der Waals surface area (Å²) in [6.45, 7) is 3.88. The first-order valence-corrected chi connectivity index (χ1v) is 8.55. The lowest BCUT2D eigenvalue weighted by molar-refractivity contribution is 0.0690. The second-order valence-electron chi connectivity index (χ2n) is 6.22. The molecule has 0 aliphatic carbocycles. The monoisotopic (exact) mass is 387 g/mol. The van der Waals surface area contributed by atoms with E-state index in [1.165, 1.54) is 6.07 Å². The van der Waals surface area contributed by atoms with Crippen molar-refractivity contribution in [2.75, 3.05) is 0 Å². The van der Waals surface area contributed by atoms with Gasteiger partial charge in [-0.25, -0.2) is 14.8 Å². The van der Waals surface area contributed by atoms with E-state index < -0.39 is 11.4 Å². The van der Waals surface area contributed by atoms with E-state index in [4.69, 9.17) is 28.2 Å². The molecule has 3 aromatic heterocycles. The van der Waals surface area contributed by atoms with E-state index in [-0.39, 0.29) is 10.8 Å². The topological polar surface area (TPSA) is 76.0 Å². The van der Waals surface area contributed by atoms with Crippen molar-refractivity contribution in [3.63, 3.8) is 0 Å². The third-order valence-electron chi connectivity index (χ3n) is 4.09. The van der Waals surface area contributed by atoms with Gasteiger partial charge < -0.3 is 5.11 Å². The minimum Gasteiger partial charge on any atom is -0.477 e. The fourth-order valence-electron chi connectivity index (χ4n) is 2.57. The molecule has 5 nitrogen and oxygen atoms in total. The summed E-state index contributed by atoms with van der Waals surface area (Å²) in [6, 6.07) is 13.9. The van der Waals surface area contributed by atoms with E-state index in [1.807, 2.05) is 32.0 Å². The number of hydrogen-bond acceptors (Lipinski definition) is 4. The molecule has 3 aromatic rings. The van der Waals surface area contributed by atoms with E-state index in [0.717, 1.165) is 5.69 Å². The quantitative estimate of drug-likeness (QED) is 0.646. The molecule has 0 saturated heterocycles. The molecule has 0 fully saturated rings. The van der Waals surface area contributed by atoms with Crippen LogP contribution in [0.15, 0.2) is 48.5 Å². The lowest BCUT2D eigenvalue weighted by atomic mass is 9.84. The zero-order valence-electron chi connectivity index (χ0n) is 14.1. The molecule has 0 spiro atoms. The molecule has 0 saturated carbocycles. The molecule has 1 N–H and O–H groups in total. The lowest BCUT2D eigenvalue weighted by Crippen LogP contribution is -2.23. The van der Waals surface area contributed by atoms with Crippen LogP contribution in [0.1, 0.15) is 35.7 Å². The first-order chi connectivity index (χ1) is 12.3. The van der Waals surface area contributed by atoms with Crippen LogP contribution in [0.25, 0.3) is 11.3 Å². The predicted molar refractivity (Wildman–Crippen MR) is 101 cm³/mol. The van der Waals surface area contributed by atoms with Crippen LogP contribution >= 0.6 is 23.2 Å². The van der Waals surface area contributed by atoms with Crippen molar-refractivity contribution in [3.8, 4) is 11.3 Å². The largest absolute Gasteiger partial charge is 0.477 e. The fourth-order valence-corrected chi connectivity index (χ4v) is 3.01. The first kappa shape index (κ1) is 18.3. The summed E-state index contributed by atoms with van der Waals surface area (Å²) < 4.78 is 0. The van der Waals surface area contributed by atoms with Gasteiger partial charge in [-0.2, -0.15) is 0 Å². The van der Waals surface area contributed by atoms with Gasteiger partial charge in [0.05, 0.1) is 17.1 Å². The molecular weight excluding hydrogens is 373 g/mol. The van der Waals surface area contributed by atoms with E-state index in [1.54, 1.807) is 24.3 Å². The lowest BCUT2D eigenvalue weighted by Gasteiger charge is -2.24. The summed E-state index contributed by atoms with van der Waals surface area (Å²) >= 11 is 12.0. The van der Waals surface area contributed by atoms with Gasteiger partial charge in [0.2, 0.25) is 0 Å². The first-order valence-electron chi connectivity index (χ1n) is 7.80. The summed E-state index contributed by atoms with van der Waals surface area (Å²) in [6.07, 6.45) is 0. The van der Waals surface area contributed by atoms with E-state index in [0.29, 0.717) is 22.1 Å². The van der Waals surface area contributed by atoms with Crippen LogP contribution in [0.3, 0.4) is 0 Å². The average molecular weight is 388 g/mol. The van der Waals surface area contributed by atoms with Gasteiger partial charge in [0.25, 0.3) is 0 Å². The molecule has 0 unspecified atom stereocenters. The van der Waals surface area contributed by atoms with E-state index in [2.05, 4.69) is 9.97 Å². The normalized spacial score (nSPS) is 11.4. The van der Waals surface area contributed by atoms with Gasteiger partial charge in [0.15, 0.2) is 0 Å². The third-order valence-corrected chi connectivity index (χ3v) is 4.59. The molecule has 0 atom stereocenters. The Bertz CT molecular complexity index is 990. The molecule has 132 valence electrons. The van der Waals surface area contributed by atoms with Crippen molar-refractivity contribution in [1.82, 2.24) is 15.0 Å². The van der Waals surface area contributed by atoms with Gasteiger partial charge >= 0.3 is 5.97 Å². The van der Waals surface area contributed by atoms with Crippen LogP contribution in [0.5, 0.6) is 0 Å². The highest BCUT2D eigenvalue weighted by Crippen LogP contribution is 2.32. The van der Waals surface area contributed by atoms with Crippen LogP contribution in [0.4, 0.5) is 0 Å². The number of carboxylic acid groups (broad SMARTS) is 1. The van der Waals surface area contributed by atoms with Crippen molar-refractivity contribution in [2.24, 2.45) is 0 Å². The minimum absolute atomic E-state index is 0.00308. The smallest absolute Gasteiger partial charge is 0.354 e. The van der Waals surface area contributed by atoms with Crippen LogP contribution in [0, 0.1) is 0 Å². The summed E-state index contributed by atoms with van der Waals surface area (Å²) in [5, 5.41) is 9.76. The maximum atomic E-state index is 11.2. The third kappa shape index (κ3) is 3.54. The minimum atomic E-state index is -1.07. The molecule has 0 aliphatic rings. The van der Waals surface area contributed by atoms with Crippen LogP contribution in [-0.4, -0.2) is 26.0 Å². The van der Waals surface area contributed by atoms with Crippen molar-refractivity contribution in [2.45, 2.75) is 19.3 Å². The van der Waals surface area contributed by atoms with Crippen molar-refractivity contribution < 1.29 is 9.90 Å². The van der Waals surface area contributed by atoms with E-state index >= 15 is 0 Å². The van der Waals surface area contributed by atoms with Crippen LogP contribution in [0.2, 0.25) is 10.3 Å². The molecule has 0 aromatic carbocycles. The Morgan fingerprint density at radius 3 is 2.23 bits per heavy atom. The van der Waals surface area contributed by atoms with Gasteiger partial charge in [-0.05, 0) is 50.2 Å². The number of aromatic carboxylic acids is 1. The van der Waals surface area contributed by atoms with Crippen molar-refractivity contribution in [3.05, 3.63) is 75.9 Å². The summed E-state index contributed by atoms with van der Waals surface area (Å²) in [5.74, 6) is -1.07. The standard InChI is InChI=1S/C19H15Cl2N3O2/c1-19(2,15-8-4-6-13(23-15)18(25)26)14-7-3-5-12(22-14)11-9-10-16(20)24-17(11)21/h3-10H,1-2H3,(H,25,26). The Morgan fingerprint density at radius 2 is 1.58 bits per heavy atom.